The Kier molecular flexibility index (Phi) is 1.57. The van der Waals surface area contributed by atoms with Gasteiger partial charge < -0.3 is 0 Å². The second-order valence-electron chi connectivity index (χ2n) is 0.412. The van der Waals surface area contributed by atoms with E-state index in [9.17, 15) is 8.42 Å². The maximum atomic E-state index is 9.17. The summed E-state index contributed by atoms with van der Waals surface area (Å²) < 4.78 is 25.8. The van der Waals surface area contributed by atoms with Gasteiger partial charge in [0.25, 0.3) is 0 Å². The third kappa shape index (κ3) is 79.0. The van der Waals surface area contributed by atoms with Crippen LogP contribution in [0.4, 0.5) is 0 Å². The highest BCUT2D eigenvalue weighted by Gasteiger charge is 1.85. The first-order valence-corrected chi connectivity index (χ1v) is 4.65. The van der Waals surface area contributed by atoms with Gasteiger partial charge in [-0.05, 0) is 0 Å². The average molecular weight is 208 g/mol. The van der Waals surface area contributed by atoms with Crippen molar-refractivity contribution >= 4 is 28.5 Å². The molecule has 0 radical (unpaired) electrons. The van der Waals surface area contributed by atoms with Gasteiger partial charge in [0.15, 0.2) is 0 Å². The van der Waals surface area contributed by atoms with Crippen molar-refractivity contribution in [2.24, 2.45) is 0 Å². The molecule has 0 aliphatic heterocycles. The van der Waals surface area contributed by atoms with Crippen LogP contribution in [0.1, 0.15) is 0 Å². The third-order valence-corrected chi connectivity index (χ3v) is 0. The van der Waals surface area contributed by atoms with Crippen LogP contribution in [-0.4, -0.2) is 13.0 Å². The van der Waals surface area contributed by atoms with E-state index < -0.39 is 7.29 Å². The van der Waals surface area contributed by atoms with Crippen LogP contribution in [-0.2, 0) is 7.29 Å². The van der Waals surface area contributed by atoms with E-state index in [0.29, 0.717) is 0 Å². The van der Waals surface area contributed by atoms with Gasteiger partial charge in [-0.3, -0.25) is 4.55 Å². The Hall–Kier alpha value is 0.640. The maximum absolute atomic E-state index is 9.17. The number of rotatable bonds is 0. The van der Waals surface area contributed by atoms with Crippen LogP contribution in [0.25, 0.3) is 0 Å². The summed E-state index contributed by atoms with van der Waals surface area (Å²) in [7, 11) is -3.70. The lowest BCUT2D eigenvalue weighted by molar-refractivity contribution is 0.506. The lowest BCUT2D eigenvalue weighted by Crippen LogP contribution is -1.76. The van der Waals surface area contributed by atoms with Gasteiger partial charge in [0.1, 0.15) is 21.2 Å². The van der Waals surface area contributed by atoms with Gasteiger partial charge in [-0.25, -0.2) is 0 Å². The molecule has 0 rings (SSSR count). The number of halogens is 1. The highest BCUT2D eigenvalue weighted by atomic mass is 127. The van der Waals surface area contributed by atoms with E-state index in [1.807, 2.05) is 0 Å². The van der Waals surface area contributed by atoms with Gasteiger partial charge in [0.2, 0.25) is 0 Å². The van der Waals surface area contributed by atoms with Crippen molar-refractivity contribution in [1.82, 2.24) is 0 Å². The number of hydrogen-bond acceptors (Lipinski definition) is 2. The first kappa shape index (κ1) is 5.64. The zero-order valence-corrected chi connectivity index (χ0v) is 5.02. The summed E-state index contributed by atoms with van der Waals surface area (Å²) in [6, 6.07) is 0. The van der Waals surface area contributed by atoms with Crippen LogP contribution in [0.15, 0.2) is 0 Å². The Bertz CT molecular complexity index is 90.1. The molecule has 5 heavy (non-hydrogen) atoms. The maximum Gasteiger partial charge on any atom is 0.318 e. The highest BCUT2D eigenvalue weighted by molar-refractivity contribution is 14.2. The fourth-order valence-electron chi connectivity index (χ4n) is 0. The van der Waals surface area contributed by atoms with Crippen LogP contribution in [0.5, 0.6) is 0 Å². The monoisotopic (exact) mass is 208 g/mol. The smallest absolute Gasteiger partial charge is 0.278 e. The topological polar surface area (TPSA) is 54.4 Å². The molecule has 3 nitrogen and oxygen atoms in total. The van der Waals surface area contributed by atoms with Crippen molar-refractivity contribution in [2.75, 3.05) is 0 Å². The molecule has 5 heteroatoms. The predicted octanol–water partition coefficient (Wildman–Crippen LogP) is 0.224. The van der Waals surface area contributed by atoms with Crippen molar-refractivity contribution < 1.29 is 13.0 Å². The molecular formula is HIO3S. The molecule has 0 unspecified atom stereocenters. The molecule has 0 bridgehead atoms. The molecule has 0 fully saturated rings. The van der Waals surface area contributed by atoms with E-state index in [-0.39, 0.29) is 0 Å². The molecule has 0 amide bonds. The molecule has 0 aromatic carbocycles. The van der Waals surface area contributed by atoms with E-state index >= 15 is 0 Å². The summed E-state index contributed by atoms with van der Waals surface area (Å²) in [5.74, 6) is 0. The fraction of sp³-hybridized carbons (Fsp3) is 0. The first-order valence-electron chi connectivity index (χ1n) is 0.670. The Morgan fingerprint density at radius 2 is 1.60 bits per heavy atom. The van der Waals surface area contributed by atoms with E-state index in [2.05, 4.69) is 0 Å². The third-order valence-electron chi connectivity index (χ3n) is 0. The Balaban J connectivity index is 4.06. The second kappa shape index (κ2) is 1.39. The van der Waals surface area contributed by atoms with Crippen LogP contribution in [0, 0.1) is 0 Å². The normalized spacial score (nSPS) is 11.6. The van der Waals surface area contributed by atoms with Gasteiger partial charge in [-0.15, -0.1) is 0 Å². The Morgan fingerprint density at radius 1 is 1.60 bits per heavy atom. The van der Waals surface area contributed by atoms with E-state index in [4.69, 9.17) is 4.55 Å². The molecule has 0 saturated carbocycles. The summed E-state index contributed by atoms with van der Waals surface area (Å²) in [4.78, 5) is 0. The first-order chi connectivity index (χ1) is 2.00. The van der Waals surface area contributed by atoms with Crippen LogP contribution >= 0.6 is 21.2 Å². The zero-order valence-electron chi connectivity index (χ0n) is 2.05. The zero-order chi connectivity index (χ0) is 4.50. The SMILES string of the molecule is O=S(=O)(O)I. The molecule has 0 aliphatic rings. The van der Waals surface area contributed by atoms with E-state index in [0.717, 1.165) is 21.2 Å². The lowest BCUT2D eigenvalue weighted by Gasteiger charge is -1.65. The molecule has 32 valence electrons. The number of hydrogen-bond donors (Lipinski definition) is 1. The summed E-state index contributed by atoms with van der Waals surface area (Å²) in [6.07, 6.45) is 0. The van der Waals surface area contributed by atoms with Crippen LogP contribution < -0.4 is 0 Å². The molecule has 0 spiro atoms. The van der Waals surface area contributed by atoms with E-state index in [1.54, 1.807) is 0 Å². The van der Waals surface area contributed by atoms with Crippen LogP contribution in [0.2, 0.25) is 0 Å². The lowest BCUT2D eigenvalue weighted by atomic mass is 15.9. The molecule has 0 atom stereocenters. The molecule has 0 aliphatic carbocycles. The minimum absolute atomic E-state index is 0.905. The second-order valence-corrected chi connectivity index (χ2v) is 4.58. The van der Waals surface area contributed by atoms with Gasteiger partial charge in [-0.2, -0.15) is 8.42 Å². The van der Waals surface area contributed by atoms with Crippen molar-refractivity contribution in [3.8, 4) is 0 Å². The predicted molar refractivity (Wildman–Crippen MR) is 25.6 cm³/mol. The summed E-state index contributed by atoms with van der Waals surface area (Å²) in [6.45, 7) is 0. The van der Waals surface area contributed by atoms with E-state index in [1.165, 1.54) is 0 Å². The molecule has 1 N–H and O–H groups in total. The quantitative estimate of drug-likeness (QED) is 0.352. The largest absolute Gasteiger partial charge is 0.318 e. The minimum Gasteiger partial charge on any atom is -0.278 e. The molecule has 0 saturated heterocycles. The Morgan fingerprint density at radius 3 is 1.60 bits per heavy atom. The van der Waals surface area contributed by atoms with Gasteiger partial charge in [0, 0.05) is 0 Å². The van der Waals surface area contributed by atoms with Crippen LogP contribution in [0.3, 0.4) is 0 Å². The summed E-state index contributed by atoms with van der Waals surface area (Å²) in [5, 5.41) is 0. The van der Waals surface area contributed by atoms with Gasteiger partial charge >= 0.3 is 7.29 Å². The molecule has 0 aromatic heterocycles. The van der Waals surface area contributed by atoms with Crippen molar-refractivity contribution in [3.63, 3.8) is 0 Å². The summed E-state index contributed by atoms with van der Waals surface area (Å²) >= 11 is 0.905. The highest BCUT2D eigenvalue weighted by Crippen LogP contribution is 1.90. The molecule has 0 aromatic rings. The fourth-order valence-corrected chi connectivity index (χ4v) is 0. The van der Waals surface area contributed by atoms with Gasteiger partial charge in [0.05, 0.1) is 0 Å². The van der Waals surface area contributed by atoms with Crippen molar-refractivity contribution in [1.29, 1.82) is 0 Å². The van der Waals surface area contributed by atoms with Crippen molar-refractivity contribution in [2.45, 2.75) is 0 Å². The summed E-state index contributed by atoms with van der Waals surface area (Å²) in [5.41, 5.74) is 0. The average Bonchev–Trinajstić information content (AvgIpc) is 0.722. The standard InChI is InChI=1S/HIO3S/c1-5(2,3)4/h(H,2,3,4). The minimum atomic E-state index is -3.70. The molecule has 0 heterocycles. The van der Waals surface area contributed by atoms with Gasteiger partial charge in [-0.1, -0.05) is 0 Å². The van der Waals surface area contributed by atoms with Crippen molar-refractivity contribution in [3.05, 3.63) is 0 Å². The molecular weight excluding hydrogens is 207 g/mol. The Labute approximate surface area is 41.7 Å².